The first-order chi connectivity index (χ1) is 15.7. The van der Waals surface area contributed by atoms with Crippen molar-refractivity contribution in [2.24, 2.45) is 0 Å². The fourth-order valence-electron chi connectivity index (χ4n) is 2.71. The van der Waals surface area contributed by atoms with Gasteiger partial charge in [0.1, 0.15) is 11.6 Å². The minimum Gasteiger partial charge on any atom is -0.367 e. The molecule has 2 aromatic heterocycles. The largest absolute Gasteiger partial charge is 0.367 e. The number of hydrogen-bond donors (Lipinski definition) is 3. The Bertz CT molecular complexity index is 1220. The normalized spacial score (nSPS) is 12.2. The monoisotopic (exact) mass is 506 g/mol. The molecule has 0 aliphatic rings. The molecule has 0 unspecified atom stereocenters. The standard InChI is InChI=1S/C21H26N6O3S3/c1-5-13(2)22-17-11-18(26-20(25-17)31-12-16-9-7-6-8-10-16)27-33(29,30)19-14(3)23-21(32-19)24-15(4)28/h6-11,13H,5,12H2,1-4H3,(H,23,24,28)(H2,22,25,26,27)/t13-/m1/s1. The summed E-state index contributed by atoms with van der Waals surface area (Å²) in [7, 11) is -3.97. The van der Waals surface area contributed by atoms with Crippen LogP contribution in [-0.2, 0) is 20.6 Å². The van der Waals surface area contributed by atoms with Gasteiger partial charge >= 0.3 is 0 Å². The molecule has 33 heavy (non-hydrogen) atoms. The van der Waals surface area contributed by atoms with Crippen LogP contribution in [0.5, 0.6) is 0 Å². The second kappa shape index (κ2) is 10.9. The van der Waals surface area contributed by atoms with E-state index in [1.165, 1.54) is 18.7 Å². The maximum absolute atomic E-state index is 13.1. The van der Waals surface area contributed by atoms with E-state index in [-0.39, 0.29) is 27.1 Å². The van der Waals surface area contributed by atoms with Gasteiger partial charge in [-0.15, -0.1) is 0 Å². The lowest BCUT2D eigenvalue weighted by atomic mass is 10.2. The van der Waals surface area contributed by atoms with Crippen LogP contribution >= 0.6 is 23.1 Å². The second-order valence-corrected chi connectivity index (χ2v) is 11.1. The molecule has 2 heterocycles. The number of sulfonamides is 1. The van der Waals surface area contributed by atoms with Gasteiger partial charge in [-0.1, -0.05) is 60.4 Å². The second-order valence-electron chi connectivity index (χ2n) is 7.33. The summed E-state index contributed by atoms with van der Waals surface area (Å²) in [5.74, 6) is 1.01. The minimum atomic E-state index is -3.97. The molecule has 3 rings (SSSR count). The van der Waals surface area contributed by atoms with Crippen molar-refractivity contribution in [3.63, 3.8) is 0 Å². The van der Waals surface area contributed by atoms with Crippen molar-refractivity contribution in [1.29, 1.82) is 0 Å². The zero-order valence-electron chi connectivity index (χ0n) is 18.7. The van der Waals surface area contributed by atoms with Gasteiger partial charge in [0, 0.05) is 24.8 Å². The molecular formula is C21H26N6O3S3. The molecule has 0 aliphatic heterocycles. The Hall–Kier alpha value is -2.70. The lowest BCUT2D eigenvalue weighted by Gasteiger charge is -2.14. The number of thiazole rings is 1. The predicted octanol–water partition coefficient (Wildman–Crippen LogP) is 4.50. The van der Waals surface area contributed by atoms with Crippen molar-refractivity contribution >= 4 is 55.8 Å². The highest BCUT2D eigenvalue weighted by molar-refractivity contribution is 7.98. The first-order valence-electron chi connectivity index (χ1n) is 10.3. The Morgan fingerprint density at radius 2 is 1.85 bits per heavy atom. The lowest BCUT2D eigenvalue weighted by molar-refractivity contribution is -0.114. The van der Waals surface area contributed by atoms with Crippen LogP contribution in [0, 0.1) is 6.92 Å². The molecular weight excluding hydrogens is 480 g/mol. The molecule has 0 radical (unpaired) electrons. The fourth-order valence-corrected chi connectivity index (χ4v) is 5.98. The Kier molecular flexibility index (Phi) is 8.27. The molecule has 1 atom stereocenters. The maximum atomic E-state index is 13.1. The summed E-state index contributed by atoms with van der Waals surface area (Å²) in [5, 5.41) is 6.47. The van der Waals surface area contributed by atoms with E-state index in [0.29, 0.717) is 22.4 Å². The highest BCUT2D eigenvalue weighted by Gasteiger charge is 2.23. The van der Waals surface area contributed by atoms with Crippen LogP contribution in [-0.4, -0.2) is 35.3 Å². The predicted molar refractivity (Wildman–Crippen MR) is 133 cm³/mol. The molecule has 0 aliphatic carbocycles. The van der Waals surface area contributed by atoms with Crippen molar-refractivity contribution < 1.29 is 13.2 Å². The molecule has 0 spiro atoms. The number of carbonyl (C=O) groups is 1. The van der Waals surface area contributed by atoms with Gasteiger partial charge in [-0.3, -0.25) is 9.52 Å². The average Bonchev–Trinajstić information content (AvgIpc) is 3.12. The van der Waals surface area contributed by atoms with E-state index in [1.807, 2.05) is 44.2 Å². The summed E-state index contributed by atoms with van der Waals surface area (Å²) < 4.78 is 28.7. The third kappa shape index (κ3) is 7.14. The number of anilines is 3. The number of nitrogens with one attached hydrogen (secondary N) is 3. The van der Waals surface area contributed by atoms with Crippen molar-refractivity contribution in [3.8, 4) is 0 Å². The van der Waals surface area contributed by atoms with Crippen LogP contribution in [0.2, 0.25) is 0 Å². The maximum Gasteiger partial charge on any atom is 0.274 e. The number of amides is 1. The van der Waals surface area contributed by atoms with Crippen LogP contribution in [0.15, 0.2) is 45.8 Å². The topological polar surface area (TPSA) is 126 Å². The van der Waals surface area contributed by atoms with Gasteiger partial charge in [0.25, 0.3) is 10.0 Å². The molecule has 1 aromatic carbocycles. The van der Waals surface area contributed by atoms with E-state index in [2.05, 4.69) is 30.3 Å². The van der Waals surface area contributed by atoms with Crippen LogP contribution in [0.4, 0.5) is 16.8 Å². The highest BCUT2D eigenvalue weighted by Crippen LogP contribution is 2.30. The van der Waals surface area contributed by atoms with E-state index in [4.69, 9.17) is 0 Å². The lowest BCUT2D eigenvalue weighted by Crippen LogP contribution is -2.17. The van der Waals surface area contributed by atoms with Crippen LogP contribution < -0.4 is 15.4 Å². The number of hydrogen-bond acceptors (Lipinski definition) is 9. The Morgan fingerprint density at radius 1 is 1.15 bits per heavy atom. The van der Waals surface area contributed by atoms with Crippen molar-refractivity contribution in [2.45, 2.75) is 55.3 Å². The quantitative estimate of drug-likeness (QED) is 0.271. The van der Waals surface area contributed by atoms with Crippen LogP contribution in [0.3, 0.4) is 0 Å². The molecule has 12 heteroatoms. The zero-order chi connectivity index (χ0) is 24.0. The number of aryl methyl sites for hydroxylation is 1. The number of nitrogens with zero attached hydrogens (tertiary/aromatic N) is 3. The molecule has 0 fully saturated rings. The molecule has 0 saturated carbocycles. The fraction of sp³-hybridized carbons (Fsp3) is 0.333. The van der Waals surface area contributed by atoms with E-state index < -0.39 is 10.0 Å². The number of rotatable bonds is 10. The molecule has 9 nitrogen and oxygen atoms in total. The summed E-state index contributed by atoms with van der Waals surface area (Å²) >= 11 is 2.30. The Balaban J connectivity index is 1.87. The van der Waals surface area contributed by atoms with Gasteiger partial charge in [0.15, 0.2) is 14.5 Å². The summed E-state index contributed by atoms with van der Waals surface area (Å²) in [6.45, 7) is 6.98. The molecule has 1 amide bonds. The SMILES string of the molecule is CC[C@@H](C)Nc1cc(NS(=O)(=O)c2sc(NC(C)=O)nc2C)nc(SCc2ccccc2)n1. The molecule has 0 saturated heterocycles. The van der Waals surface area contributed by atoms with E-state index in [0.717, 1.165) is 23.3 Å². The van der Waals surface area contributed by atoms with Gasteiger partial charge in [-0.05, 0) is 25.8 Å². The van der Waals surface area contributed by atoms with Crippen molar-refractivity contribution in [1.82, 2.24) is 15.0 Å². The summed E-state index contributed by atoms with van der Waals surface area (Å²) in [5.41, 5.74) is 1.40. The van der Waals surface area contributed by atoms with Crippen molar-refractivity contribution in [2.75, 3.05) is 15.4 Å². The summed E-state index contributed by atoms with van der Waals surface area (Å²) in [6.07, 6.45) is 0.879. The van der Waals surface area contributed by atoms with Gasteiger partial charge in [0.2, 0.25) is 5.91 Å². The van der Waals surface area contributed by atoms with Gasteiger partial charge in [0.05, 0.1) is 5.69 Å². The first-order valence-corrected chi connectivity index (χ1v) is 13.5. The van der Waals surface area contributed by atoms with E-state index in [1.54, 1.807) is 13.0 Å². The number of carbonyl (C=O) groups excluding carboxylic acids is 1. The third-order valence-electron chi connectivity index (χ3n) is 4.44. The van der Waals surface area contributed by atoms with E-state index >= 15 is 0 Å². The molecule has 176 valence electrons. The Morgan fingerprint density at radius 3 is 2.52 bits per heavy atom. The minimum absolute atomic E-state index is 0.0137. The van der Waals surface area contributed by atoms with Gasteiger partial charge in [-0.25, -0.2) is 23.4 Å². The number of thioether (sulfide) groups is 1. The average molecular weight is 507 g/mol. The summed E-state index contributed by atoms with van der Waals surface area (Å²) in [4.78, 5) is 24.4. The molecule has 0 bridgehead atoms. The molecule has 3 aromatic rings. The highest BCUT2D eigenvalue weighted by atomic mass is 32.2. The summed E-state index contributed by atoms with van der Waals surface area (Å²) in [6, 6.07) is 11.6. The number of benzene rings is 1. The van der Waals surface area contributed by atoms with Crippen LogP contribution in [0.1, 0.15) is 38.4 Å². The van der Waals surface area contributed by atoms with Crippen molar-refractivity contribution in [3.05, 3.63) is 47.7 Å². The number of aromatic nitrogens is 3. The first kappa shape index (κ1) is 24.9. The van der Waals surface area contributed by atoms with Gasteiger partial charge < -0.3 is 10.6 Å². The van der Waals surface area contributed by atoms with Gasteiger partial charge in [-0.2, -0.15) is 0 Å². The van der Waals surface area contributed by atoms with Crippen LogP contribution in [0.25, 0.3) is 0 Å². The zero-order valence-corrected chi connectivity index (χ0v) is 21.2. The smallest absolute Gasteiger partial charge is 0.274 e. The third-order valence-corrected chi connectivity index (χ3v) is 8.40. The Labute approximate surface area is 201 Å². The molecule has 3 N–H and O–H groups in total. The van der Waals surface area contributed by atoms with E-state index in [9.17, 15) is 13.2 Å².